The van der Waals surface area contributed by atoms with Gasteiger partial charge in [0.15, 0.2) is 0 Å². The average molecular weight is 421 g/mol. The first kappa shape index (κ1) is 19.9. The second-order valence-electron chi connectivity index (χ2n) is 3.91. The van der Waals surface area contributed by atoms with Crippen molar-refractivity contribution in [1.82, 2.24) is 0 Å². The summed E-state index contributed by atoms with van der Waals surface area (Å²) in [6.45, 7) is 0. The molecule has 0 unspecified atom stereocenters. The molecule has 20 heavy (non-hydrogen) atoms. The molecule has 0 aliphatic heterocycles. The van der Waals surface area contributed by atoms with Crippen LogP contribution < -0.4 is 0 Å². The Labute approximate surface area is 116 Å². The molecule has 0 saturated heterocycles. The van der Waals surface area contributed by atoms with Gasteiger partial charge in [0, 0.05) is 0 Å². The topological polar surface area (TPSA) is 21.6 Å². The molecule has 0 spiro atoms. The Kier molecular flexibility index (Phi) is 5.89. The van der Waals surface area contributed by atoms with Crippen LogP contribution in [0.4, 0.5) is 39.5 Å². The van der Waals surface area contributed by atoms with Gasteiger partial charge in [0.05, 0.1) is 0 Å². The van der Waals surface area contributed by atoms with Gasteiger partial charge >= 0.3 is 115 Å². The number of aliphatic imine (C=N–C) groups is 1. The maximum atomic E-state index is 12.8. The molecule has 0 radical (unpaired) electrons. The average Bonchev–Trinajstić information content (AvgIpc) is 2.10. The summed E-state index contributed by atoms with van der Waals surface area (Å²) < 4.78 is 120. The maximum absolute atomic E-state index is 12.8. The number of rotatable bonds is 3. The van der Waals surface area contributed by atoms with Crippen molar-refractivity contribution in [3.8, 4) is 0 Å². The van der Waals surface area contributed by atoms with E-state index in [1.807, 2.05) is 0 Å². The molecule has 0 aliphatic carbocycles. The van der Waals surface area contributed by atoms with Crippen molar-refractivity contribution < 1.29 is 42.4 Å². The zero-order chi connectivity index (χ0) is 16.6. The van der Waals surface area contributed by atoms with Crippen molar-refractivity contribution in [3.05, 3.63) is 0 Å². The summed E-state index contributed by atoms with van der Waals surface area (Å²) >= 11 is -3.86. The van der Waals surface area contributed by atoms with Crippen LogP contribution in [0, 0.1) is 0 Å². The molecule has 0 N–H and O–H groups in total. The van der Waals surface area contributed by atoms with Crippen LogP contribution in [0.25, 0.3) is 0 Å². The Morgan fingerprint density at radius 2 is 1.20 bits per heavy atom. The van der Waals surface area contributed by atoms with E-state index in [4.69, 9.17) is 0 Å². The molecule has 0 atom stereocenters. The van der Waals surface area contributed by atoms with Crippen molar-refractivity contribution in [3.63, 3.8) is 0 Å². The van der Waals surface area contributed by atoms with E-state index in [1.165, 1.54) is 0 Å². The molecule has 0 aromatic heterocycles. The zero-order valence-electron chi connectivity index (χ0n) is 10.3. The molecule has 0 aromatic carbocycles. The van der Waals surface area contributed by atoms with Crippen molar-refractivity contribution in [2.75, 3.05) is 7.05 Å². The molecular formula is C8H9F9InNO. The third-order valence-electron chi connectivity index (χ3n) is 2.04. The van der Waals surface area contributed by atoms with Crippen LogP contribution in [0.5, 0.6) is 0 Å². The van der Waals surface area contributed by atoms with E-state index in [-0.39, 0.29) is 7.05 Å². The summed E-state index contributed by atoms with van der Waals surface area (Å²) in [4.78, 5) is 2.18. The van der Waals surface area contributed by atoms with E-state index in [0.29, 0.717) is 0 Å². The van der Waals surface area contributed by atoms with Gasteiger partial charge in [-0.1, -0.05) is 0 Å². The van der Waals surface area contributed by atoms with Crippen molar-refractivity contribution in [2.45, 2.75) is 33.5 Å². The van der Waals surface area contributed by atoms with Crippen LogP contribution in [0.1, 0.15) is 0 Å². The number of hydrogen-bond acceptors (Lipinski definition) is 2. The summed E-state index contributed by atoms with van der Waals surface area (Å²) in [5.41, 5.74) is -8.48. The normalized spacial score (nSPS) is 15.5. The summed E-state index contributed by atoms with van der Waals surface area (Å²) in [5, 5.41) is 0. The number of hydrogen-bond donors (Lipinski definition) is 0. The fourth-order valence-electron chi connectivity index (χ4n) is 1.46. The predicted octanol–water partition coefficient (Wildman–Crippen LogP) is 3.75. The van der Waals surface area contributed by atoms with Crippen molar-refractivity contribution in [1.29, 1.82) is 0 Å². The quantitative estimate of drug-likeness (QED) is 0.503. The third kappa shape index (κ3) is 3.74. The Morgan fingerprint density at radius 1 is 0.850 bits per heavy atom. The molecule has 0 bridgehead atoms. The van der Waals surface area contributed by atoms with E-state index in [0.717, 1.165) is 9.36 Å². The third-order valence-corrected chi connectivity index (χ3v) is 4.39. The predicted molar refractivity (Wildman–Crippen MR) is 52.8 cm³/mol. The molecule has 0 heterocycles. The minimum absolute atomic E-state index is 0.203. The first-order chi connectivity index (χ1) is 8.61. The molecule has 2 nitrogen and oxygen atoms in total. The second kappa shape index (κ2) is 5.93. The molecular weight excluding hydrogens is 412 g/mol. The SMILES string of the molecule is CN=C(C(F)(F)F)C([O][In]([CH3])[CH3])(C(F)(F)F)C(F)(F)F. The van der Waals surface area contributed by atoms with Gasteiger partial charge in [0.25, 0.3) is 0 Å². The molecule has 0 saturated carbocycles. The summed E-state index contributed by atoms with van der Waals surface area (Å²) in [6, 6.07) is 0. The van der Waals surface area contributed by atoms with Crippen LogP contribution >= 0.6 is 0 Å². The number of alkyl halides is 9. The molecule has 0 fully saturated rings. The summed E-state index contributed by atoms with van der Waals surface area (Å²) in [7, 11) is 0.203. The van der Waals surface area contributed by atoms with E-state index < -0.39 is 51.7 Å². The summed E-state index contributed by atoms with van der Waals surface area (Å²) in [6.07, 6.45) is -18.6. The fraction of sp³-hybridized carbons (Fsp3) is 0.875. The molecule has 0 aromatic rings. The number of nitrogens with zero attached hydrogens (tertiary/aromatic N) is 1. The van der Waals surface area contributed by atoms with E-state index in [2.05, 4.69) is 7.85 Å². The Hall–Kier alpha value is -0.130. The minimum atomic E-state index is -6.34. The Morgan fingerprint density at radius 3 is 1.35 bits per heavy atom. The van der Waals surface area contributed by atoms with Crippen LogP contribution in [-0.2, 0) is 2.85 Å². The zero-order valence-corrected chi connectivity index (χ0v) is 13.6. The van der Waals surface area contributed by atoms with Gasteiger partial charge in [0.2, 0.25) is 0 Å². The van der Waals surface area contributed by atoms with Crippen molar-refractivity contribution in [2.24, 2.45) is 4.99 Å². The first-order valence-electron chi connectivity index (χ1n) is 4.97. The molecule has 0 rings (SSSR count). The standard InChI is InChI=1S/C6H3F9NO.2CH3.In/c1-16-2(4(7,8)9)3(17,5(10,11)12)6(13,14)15;;;/h1H3;2*1H3;/q-1;;;+1. The van der Waals surface area contributed by atoms with Gasteiger partial charge < -0.3 is 0 Å². The molecule has 118 valence electrons. The van der Waals surface area contributed by atoms with Gasteiger partial charge in [-0.2, -0.15) is 0 Å². The van der Waals surface area contributed by atoms with Crippen LogP contribution in [0.2, 0.25) is 9.36 Å². The van der Waals surface area contributed by atoms with Gasteiger partial charge in [-0.15, -0.1) is 0 Å². The fourth-order valence-corrected chi connectivity index (χ4v) is 4.56. The molecule has 12 heteroatoms. The monoisotopic (exact) mass is 421 g/mol. The van der Waals surface area contributed by atoms with Gasteiger partial charge in [0.1, 0.15) is 0 Å². The van der Waals surface area contributed by atoms with E-state index >= 15 is 0 Å². The number of halogens is 9. The van der Waals surface area contributed by atoms with Gasteiger partial charge in [-0.05, 0) is 0 Å². The first-order valence-corrected chi connectivity index (χ1v) is 12.9. The van der Waals surface area contributed by atoms with E-state index in [1.54, 1.807) is 0 Å². The summed E-state index contributed by atoms with van der Waals surface area (Å²) in [5.74, 6) is 0. The van der Waals surface area contributed by atoms with Gasteiger partial charge in [-0.25, -0.2) is 0 Å². The Balaban J connectivity index is 6.45. The van der Waals surface area contributed by atoms with Crippen LogP contribution in [0.15, 0.2) is 4.99 Å². The van der Waals surface area contributed by atoms with Crippen LogP contribution in [0.3, 0.4) is 0 Å². The molecule has 0 aliphatic rings. The second-order valence-corrected chi connectivity index (χ2v) is 10.6. The van der Waals surface area contributed by atoms with Crippen LogP contribution in [-0.4, -0.2) is 58.8 Å². The van der Waals surface area contributed by atoms with Crippen molar-refractivity contribution >= 4 is 27.6 Å². The Bertz CT molecular complexity index is 354. The molecule has 0 amide bonds. The van der Waals surface area contributed by atoms with Gasteiger partial charge in [-0.3, -0.25) is 0 Å². The van der Waals surface area contributed by atoms with E-state index in [9.17, 15) is 39.5 Å².